The molecular weight excluding hydrogens is 177 g/mol. The summed E-state index contributed by atoms with van der Waals surface area (Å²) in [6.45, 7) is 0. The van der Waals surface area contributed by atoms with Crippen LogP contribution in [-0.2, 0) is 4.74 Å². The Bertz CT molecular complexity index is 251. The molecule has 0 saturated heterocycles. The van der Waals surface area contributed by atoms with Crippen LogP contribution in [-0.4, -0.2) is 18.5 Å². The molecule has 1 N–H and O–H groups in total. The van der Waals surface area contributed by atoms with Crippen molar-refractivity contribution in [3.05, 3.63) is 35.9 Å². The molecule has 13 heavy (non-hydrogen) atoms. The molecule has 1 unspecified atom stereocenters. The fourth-order valence-electron chi connectivity index (χ4n) is 0.986. The Hall–Kier alpha value is -0.350. The maximum absolute atomic E-state index is 8.32. The summed E-state index contributed by atoms with van der Waals surface area (Å²) in [4.78, 5) is 0. The largest absolute Gasteiger partial charge is 1.00 e. The van der Waals surface area contributed by atoms with Crippen LogP contribution in [0.4, 0.5) is 0 Å². The molecule has 0 spiro atoms. The van der Waals surface area contributed by atoms with E-state index in [0.29, 0.717) is 0 Å². The van der Waals surface area contributed by atoms with E-state index in [0.717, 1.165) is 5.56 Å². The Balaban J connectivity index is 0.00000144. The summed E-state index contributed by atoms with van der Waals surface area (Å²) in [6, 6.07) is 9.57. The third-order valence-electron chi connectivity index (χ3n) is 1.58. The number of benzene rings is 1. The van der Waals surface area contributed by atoms with Crippen molar-refractivity contribution < 1.29 is 39.5 Å². The van der Waals surface area contributed by atoms with E-state index in [1.165, 1.54) is 6.21 Å². The van der Waals surface area contributed by atoms with E-state index in [1.54, 1.807) is 7.11 Å². The molecule has 0 fully saturated rings. The number of rotatable bonds is 3. The fraction of sp³-hybridized carbons (Fsp3) is 0.222. The Kier molecular flexibility index (Phi) is 6.90. The van der Waals surface area contributed by atoms with E-state index >= 15 is 0 Å². The van der Waals surface area contributed by atoms with Crippen LogP contribution in [0.1, 0.15) is 11.7 Å². The van der Waals surface area contributed by atoms with E-state index in [9.17, 15) is 0 Å². The van der Waals surface area contributed by atoms with Crippen LogP contribution in [0.15, 0.2) is 35.5 Å². The normalized spacial score (nSPS) is 12.4. The summed E-state index contributed by atoms with van der Waals surface area (Å²) >= 11 is 0. The monoisotopic (exact) mass is 188 g/mol. The van der Waals surface area contributed by atoms with E-state index in [2.05, 4.69) is 5.16 Å². The van der Waals surface area contributed by atoms with Gasteiger partial charge in [-0.1, -0.05) is 35.5 Å². The van der Waals surface area contributed by atoms with Gasteiger partial charge in [0.1, 0.15) is 6.10 Å². The summed E-state index contributed by atoms with van der Waals surface area (Å²) in [6.07, 6.45) is 1.08. The quantitative estimate of drug-likeness (QED) is 0.281. The molecule has 0 radical (unpaired) electrons. The first-order valence-electron chi connectivity index (χ1n) is 3.63. The molecule has 0 heterocycles. The first kappa shape index (κ1) is 12.7. The number of nitrogens with zero attached hydrogens (tertiary/aromatic N) is 1. The molecule has 1 rings (SSSR count). The number of ether oxygens (including phenoxy) is 1. The Morgan fingerprint density at radius 2 is 2.00 bits per heavy atom. The maximum Gasteiger partial charge on any atom is 1.00 e. The molecule has 0 saturated carbocycles. The second kappa shape index (κ2) is 7.09. The summed E-state index contributed by atoms with van der Waals surface area (Å²) in [5.74, 6) is 0. The van der Waals surface area contributed by atoms with Gasteiger partial charge >= 0.3 is 29.6 Å². The zero-order valence-electron chi connectivity index (χ0n) is 7.84. The van der Waals surface area contributed by atoms with Gasteiger partial charge in [-0.2, -0.15) is 0 Å². The Morgan fingerprint density at radius 1 is 1.38 bits per heavy atom. The average Bonchev–Trinajstić information content (AvgIpc) is 2.15. The van der Waals surface area contributed by atoms with Crippen LogP contribution in [0.3, 0.4) is 0 Å². The second-order valence-corrected chi connectivity index (χ2v) is 2.33. The van der Waals surface area contributed by atoms with Crippen molar-refractivity contribution in [3.8, 4) is 0 Å². The van der Waals surface area contributed by atoms with Crippen molar-refractivity contribution >= 4 is 6.21 Å². The maximum atomic E-state index is 8.32. The van der Waals surface area contributed by atoms with Crippen LogP contribution >= 0.6 is 0 Å². The predicted octanol–water partition coefficient (Wildman–Crippen LogP) is -1.16. The summed E-state index contributed by atoms with van der Waals surface area (Å²) < 4.78 is 5.07. The molecular formula is C9H11NNaO2+. The van der Waals surface area contributed by atoms with E-state index in [-0.39, 0.29) is 35.7 Å². The minimum atomic E-state index is -0.267. The number of methoxy groups -OCH3 is 1. The van der Waals surface area contributed by atoms with Crippen LogP contribution in [0, 0.1) is 0 Å². The van der Waals surface area contributed by atoms with E-state index in [1.807, 2.05) is 30.3 Å². The molecule has 0 amide bonds. The molecule has 1 aromatic rings. The molecule has 1 atom stereocenters. The molecule has 0 aliphatic rings. The molecule has 0 bridgehead atoms. The summed E-state index contributed by atoms with van der Waals surface area (Å²) in [7, 11) is 1.57. The van der Waals surface area contributed by atoms with E-state index < -0.39 is 0 Å². The second-order valence-electron chi connectivity index (χ2n) is 2.33. The number of hydrogen-bond donors (Lipinski definition) is 1. The minimum absolute atomic E-state index is 0. The van der Waals surface area contributed by atoms with Crippen LogP contribution in [0.2, 0.25) is 0 Å². The summed E-state index contributed by atoms with van der Waals surface area (Å²) in [5.41, 5.74) is 0.970. The first-order chi connectivity index (χ1) is 5.88. The molecule has 0 aliphatic heterocycles. The van der Waals surface area contributed by atoms with Gasteiger partial charge < -0.3 is 9.94 Å². The zero-order valence-corrected chi connectivity index (χ0v) is 9.84. The van der Waals surface area contributed by atoms with Crippen molar-refractivity contribution in [2.45, 2.75) is 6.10 Å². The van der Waals surface area contributed by atoms with Gasteiger partial charge in [-0.05, 0) is 5.56 Å². The van der Waals surface area contributed by atoms with Crippen molar-refractivity contribution in [3.63, 3.8) is 0 Å². The summed E-state index contributed by atoms with van der Waals surface area (Å²) in [5, 5.41) is 11.3. The smallest absolute Gasteiger partial charge is 0.411 e. The first-order valence-corrected chi connectivity index (χ1v) is 3.63. The SMILES string of the molecule is COC(/C=N/O)c1ccccc1.[Na+]. The van der Waals surface area contributed by atoms with Gasteiger partial charge in [0, 0.05) is 7.11 Å². The third-order valence-corrected chi connectivity index (χ3v) is 1.58. The predicted molar refractivity (Wildman–Crippen MR) is 46.5 cm³/mol. The van der Waals surface area contributed by atoms with Crippen LogP contribution < -0.4 is 29.6 Å². The molecule has 64 valence electrons. The standard InChI is InChI=1S/C9H11NO2.Na/c1-12-9(7-10-11)8-5-3-2-4-6-8;/h2-7,9,11H,1H3;/q;+1/b10-7+;. The van der Waals surface area contributed by atoms with Gasteiger partial charge in [0.15, 0.2) is 0 Å². The van der Waals surface area contributed by atoms with Gasteiger partial charge in [0.25, 0.3) is 0 Å². The van der Waals surface area contributed by atoms with Crippen molar-refractivity contribution in [1.82, 2.24) is 0 Å². The third kappa shape index (κ3) is 3.91. The van der Waals surface area contributed by atoms with Crippen molar-refractivity contribution in [2.75, 3.05) is 7.11 Å². The van der Waals surface area contributed by atoms with Gasteiger partial charge in [-0.25, -0.2) is 0 Å². The zero-order chi connectivity index (χ0) is 8.81. The topological polar surface area (TPSA) is 41.8 Å². The Labute approximate surface area is 99.7 Å². The van der Waals surface area contributed by atoms with Gasteiger partial charge in [-0.15, -0.1) is 0 Å². The molecule has 3 nitrogen and oxygen atoms in total. The molecule has 4 heteroatoms. The molecule has 0 aromatic heterocycles. The molecule has 1 aromatic carbocycles. The number of oxime groups is 1. The minimum Gasteiger partial charge on any atom is -0.411 e. The molecule has 0 aliphatic carbocycles. The van der Waals surface area contributed by atoms with Gasteiger partial charge in [-0.3, -0.25) is 0 Å². The fourth-order valence-corrected chi connectivity index (χ4v) is 0.986. The van der Waals surface area contributed by atoms with Crippen molar-refractivity contribution in [1.29, 1.82) is 0 Å². The Morgan fingerprint density at radius 3 is 2.46 bits per heavy atom. The van der Waals surface area contributed by atoms with E-state index in [4.69, 9.17) is 9.94 Å². The average molecular weight is 188 g/mol. The van der Waals surface area contributed by atoms with Crippen molar-refractivity contribution in [2.24, 2.45) is 5.16 Å². The van der Waals surface area contributed by atoms with Crippen LogP contribution in [0.25, 0.3) is 0 Å². The van der Waals surface area contributed by atoms with Gasteiger partial charge in [0.05, 0.1) is 6.21 Å². The van der Waals surface area contributed by atoms with Crippen LogP contribution in [0.5, 0.6) is 0 Å². The van der Waals surface area contributed by atoms with Gasteiger partial charge in [0.2, 0.25) is 0 Å². The number of hydrogen-bond acceptors (Lipinski definition) is 3.